The number of para-hydroxylation sites is 1. The average molecular weight is 394 g/mol. The molecule has 2 aromatic heterocycles. The molecule has 1 saturated heterocycles. The molecule has 28 heavy (non-hydrogen) atoms. The molecule has 1 amide bonds. The van der Waals surface area contributed by atoms with E-state index in [4.69, 9.17) is 0 Å². The van der Waals surface area contributed by atoms with Gasteiger partial charge in [-0.2, -0.15) is 0 Å². The summed E-state index contributed by atoms with van der Waals surface area (Å²) in [4.78, 5) is 25.9. The zero-order valence-corrected chi connectivity index (χ0v) is 16.7. The number of hydrogen-bond acceptors (Lipinski definition) is 6. The SMILES string of the molecule is Cc1cccc(Nc2nc(CC(=O)N3CCN(c4ccccc4)CC3)cs2)n1. The van der Waals surface area contributed by atoms with Crippen LogP contribution in [0, 0.1) is 6.92 Å². The minimum atomic E-state index is 0.137. The molecule has 0 unspecified atom stereocenters. The molecule has 0 saturated carbocycles. The Balaban J connectivity index is 1.30. The van der Waals surface area contributed by atoms with Gasteiger partial charge in [-0.25, -0.2) is 9.97 Å². The lowest BCUT2D eigenvalue weighted by Crippen LogP contribution is -2.49. The van der Waals surface area contributed by atoms with Gasteiger partial charge in [0.1, 0.15) is 5.82 Å². The number of nitrogens with one attached hydrogen (secondary N) is 1. The Morgan fingerprint density at radius 3 is 2.57 bits per heavy atom. The number of benzene rings is 1. The van der Waals surface area contributed by atoms with Crippen molar-refractivity contribution in [1.82, 2.24) is 14.9 Å². The number of thiazole rings is 1. The number of carbonyl (C=O) groups excluding carboxylic acids is 1. The Hall–Kier alpha value is -2.93. The van der Waals surface area contributed by atoms with E-state index >= 15 is 0 Å². The maximum atomic E-state index is 12.7. The first-order valence-electron chi connectivity index (χ1n) is 9.40. The molecule has 4 rings (SSSR count). The van der Waals surface area contributed by atoms with Crippen LogP contribution in [0.15, 0.2) is 53.9 Å². The minimum Gasteiger partial charge on any atom is -0.368 e. The first-order chi connectivity index (χ1) is 13.7. The third-order valence-electron chi connectivity index (χ3n) is 4.76. The van der Waals surface area contributed by atoms with E-state index in [-0.39, 0.29) is 5.91 Å². The van der Waals surface area contributed by atoms with Crippen LogP contribution in [-0.4, -0.2) is 47.0 Å². The van der Waals surface area contributed by atoms with E-state index in [1.54, 1.807) is 0 Å². The minimum absolute atomic E-state index is 0.137. The molecule has 0 bridgehead atoms. The number of hydrogen-bond donors (Lipinski definition) is 1. The van der Waals surface area contributed by atoms with Crippen molar-refractivity contribution in [2.75, 3.05) is 36.4 Å². The molecular formula is C21H23N5OS. The van der Waals surface area contributed by atoms with Crippen LogP contribution >= 0.6 is 11.3 Å². The molecule has 0 atom stereocenters. The van der Waals surface area contributed by atoms with Crippen molar-refractivity contribution in [1.29, 1.82) is 0 Å². The summed E-state index contributed by atoms with van der Waals surface area (Å²) in [7, 11) is 0. The Bertz CT molecular complexity index is 935. The summed E-state index contributed by atoms with van der Waals surface area (Å²) < 4.78 is 0. The zero-order chi connectivity index (χ0) is 19.3. The van der Waals surface area contributed by atoms with Crippen LogP contribution in [0.2, 0.25) is 0 Å². The Morgan fingerprint density at radius 2 is 1.82 bits per heavy atom. The van der Waals surface area contributed by atoms with Crippen LogP contribution in [0.5, 0.6) is 0 Å². The van der Waals surface area contributed by atoms with Gasteiger partial charge in [-0.05, 0) is 31.2 Å². The van der Waals surface area contributed by atoms with Crippen LogP contribution in [0.25, 0.3) is 0 Å². The second-order valence-corrected chi connectivity index (χ2v) is 7.67. The third kappa shape index (κ3) is 4.48. The van der Waals surface area contributed by atoms with Gasteiger partial charge >= 0.3 is 0 Å². The number of nitrogens with zero attached hydrogens (tertiary/aromatic N) is 4. The molecule has 0 aliphatic carbocycles. The maximum Gasteiger partial charge on any atom is 0.228 e. The van der Waals surface area contributed by atoms with Gasteiger partial charge in [0.2, 0.25) is 5.91 Å². The monoisotopic (exact) mass is 393 g/mol. The highest BCUT2D eigenvalue weighted by molar-refractivity contribution is 7.13. The molecule has 7 heteroatoms. The van der Waals surface area contributed by atoms with Gasteiger partial charge in [0, 0.05) is 42.9 Å². The molecule has 0 spiro atoms. The fraction of sp³-hybridized carbons (Fsp3) is 0.286. The predicted octanol–water partition coefficient (Wildman–Crippen LogP) is 3.48. The van der Waals surface area contributed by atoms with Crippen molar-refractivity contribution in [3.63, 3.8) is 0 Å². The lowest BCUT2D eigenvalue weighted by molar-refractivity contribution is -0.130. The highest BCUT2D eigenvalue weighted by atomic mass is 32.1. The van der Waals surface area contributed by atoms with E-state index in [1.807, 2.05) is 53.6 Å². The molecule has 3 aromatic rings. The fourth-order valence-electron chi connectivity index (χ4n) is 3.29. The fourth-order valence-corrected chi connectivity index (χ4v) is 4.00. The number of anilines is 3. The van der Waals surface area contributed by atoms with Crippen molar-refractivity contribution in [3.05, 3.63) is 65.3 Å². The predicted molar refractivity (Wildman–Crippen MR) is 113 cm³/mol. The first-order valence-corrected chi connectivity index (χ1v) is 10.3. The zero-order valence-electron chi connectivity index (χ0n) is 15.8. The lowest BCUT2D eigenvalue weighted by atomic mass is 10.2. The second-order valence-electron chi connectivity index (χ2n) is 6.81. The van der Waals surface area contributed by atoms with Gasteiger partial charge in [-0.1, -0.05) is 24.3 Å². The summed E-state index contributed by atoms with van der Waals surface area (Å²) >= 11 is 1.50. The normalized spacial score (nSPS) is 14.2. The number of pyridine rings is 1. The van der Waals surface area contributed by atoms with Crippen molar-refractivity contribution in [2.45, 2.75) is 13.3 Å². The van der Waals surface area contributed by atoms with Gasteiger partial charge in [0.15, 0.2) is 5.13 Å². The van der Waals surface area contributed by atoms with Gasteiger partial charge in [0.05, 0.1) is 12.1 Å². The number of aryl methyl sites for hydroxylation is 1. The topological polar surface area (TPSA) is 61.4 Å². The molecule has 1 N–H and O–H groups in total. The van der Waals surface area contributed by atoms with Crippen molar-refractivity contribution in [3.8, 4) is 0 Å². The van der Waals surface area contributed by atoms with Crippen LogP contribution < -0.4 is 10.2 Å². The number of aromatic nitrogens is 2. The molecule has 0 radical (unpaired) electrons. The first kappa shape index (κ1) is 18.4. The van der Waals surface area contributed by atoms with Crippen LogP contribution in [0.1, 0.15) is 11.4 Å². The summed E-state index contributed by atoms with van der Waals surface area (Å²) in [5.74, 6) is 0.905. The molecular weight excluding hydrogens is 370 g/mol. The summed E-state index contributed by atoms with van der Waals surface area (Å²) in [5.41, 5.74) is 2.97. The average Bonchev–Trinajstić information content (AvgIpc) is 3.15. The summed E-state index contributed by atoms with van der Waals surface area (Å²) in [6, 6.07) is 16.2. The van der Waals surface area contributed by atoms with Crippen molar-refractivity contribution < 1.29 is 4.79 Å². The Morgan fingerprint density at radius 1 is 1.04 bits per heavy atom. The Kier molecular flexibility index (Phi) is 5.53. The van der Waals surface area contributed by atoms with Gasteiger partial charge in [-0.15, -0.1) is 11.3 Å². The quantitative estimate of drug-likeness (QED) is 0.719. The summed E-state index contributed by atoms with van der Waals surface area (Å²) in [6.07, 6.45) is 0.338. The van der Waals surface area contributed by atoms with E-state index in [2.05, 4.69) is 32.3 Å². The highest BCUT2D eigenvalue weighted by Gasteiger charge is 2.22. The van der Waals surface area contributed by atoms with E-state index in [0.29, 0.717) is 6.42 Å². The molecule has 1 fully saturated rings. The van der Waals surface area contributed by atoms with Gasteiger partial charge < -0.3 is 15.1 Å². The van der Waals surface area contributed by atoms with Crippen molar-refractivity contribution >= 4 is 33.9 Å². The van der Waals surface area contributed by atoms with Gasteiger partial charge in [0.25, 0.3) is 0 Å². The van der Waals surface area contributed by atoms with E-state index in [9.17, 15) is 4.79 Å². The largest absolute Gasteiger partial charge is 0.368 e. The smallest absolute Gasteiger partial charge is 0.228 e. The molecule has 6 nitrogen and oxygen atoms in total. The number of amides is 1. The molecule has 1 aromatic carbocycles. The third-order valence-corrected chi connectivity index (χ3v) is 5.57. The lowest BCUT2D eigenvalue weighted by Gasteiger charge is -2.36. The highest BCUT2D eigenvalue weighted by Crippen LogP contribution is 2.21. The molecule has 1 aliphatic rings. The van der Waals surface area contributed by atoms with Gasteiger partial charge in [-0.3, -0.25) is 4.79 Å². The van der Waals surface area contributed by atoms with Crippen LogP contribution in [0.3, 0.4) is 0 Å². The standard InChI is InChI=1S/C21H23N5OS/c1-16-6-5-9-19(22-16)24-21-23-17(15-28-21)14-20(27)26-12-10-25(11-13-26)18-7-3-2-4-8-18/h2-9,15H,10-14H2,1H3,(H,22,23,24). The molecule has 3 heterocycles. The summed E-state index contributed by atoms with van der Waals surface area (Å²) in [5, 5.41) is 5.91. The maximum absolute atomic E-state index is 12.7. The Labute approximate surface area is 168 Å². The van der Waals surface area contributed by atoms with Crippen molar-refractivity contribution in [2.24, 2.45) is 0 Å². The number of rotatable bonds is 5. The van der Waals surface area contributed by atoms with Crippen LogP contribution in [0.4, 0.5) is 16.6 Å². The van der Waals surface area contributed by atoms with E-state index in [0.717, 1.165) is 48.5 Å². The molecule has 1 aliphatic heterocycles. The second kappa shape index (κ2) is 8.39. The molecule has 144 valence electrons. The number of carbonyl (C=O) groups is 1. The van der Waals surface area contributed by atoms with E-state index < -0.39 is 0 Å². The van der Waals surface area contributed by atoms with E-state index in [1.165, 1.54) is 17.0 Å². The summed E-state index contributed by atoms with van der Waals surface area (Å²) in [6.45, 7) is 5.17. The van der Waals surface area contributed by atoms with Crippen LogP contribution in [-0.2, 0) is 11.2 Å². The number of piperazine rings is 1.